The van der Waals surface area contributed by atoms with Crippen molar-refractivity contribution in [2.24, 2.45) is 0 Å². The molecule has 1 amide bonds. The zero-order valence-electron chi connectivity index (χ0n) is 16.3. The zero-order chi connectivity index (χ0) is 21.5. The van der Waals surface area contributed by atoms with Gasteiger partial charge in [0.25, 0.3) is 0 Å². The lowest BCUT2D eigenvalue weighted by molar-refractivity contribution is -0.115. The van der Waals surface area contributed by atoms with Crippen LogP contribution in [0.1, 0.15) is 5.56 Å². The van der Waals surface area contributed by atoms with Crippen LogP contribution in [0.5, 0.6) is 0 Å². The van der Waals surface area contributed by atoms with Crippen molar-refractivity contribution in [3.63, 3.8) is 0 Å². The summed E-state index contributed by atoms with van der Waals surface area (Å²) in [6.07, 6.45) is 2.27. The highest BCUT2D eigenvalue weighted by atomic mass is 35.5. The molecule has 0 atom stereocenters. The number of benzene rings is 3. The smallest absolute Gasteiger partial charge is 0.228 e. The molecule has 7 heteroatoms. The number of halogens is 2. The van der Waals surface area contributed by atoms with E-state index in [0.29, 0.717) is 21.5 Å². The molecule has 3 aromatic carbocycles. The molecule has 0 aliphatic carbocycles. The van der Waals surface area contributed by atoms with Crippen molar-refractivity contribution in [1.29, 1.82) is 0 Å². The Morgan fingerprint density at radius 3 is 2.13 bits per heavy atom. The van der Waals surface area contributed by atoms with Crippen molar-refractivity contribution >= 4 is 58.3 Å². The molecule has 3 nitrogen and oxygen atoms in total. The third kappa shape index (κ3) is 6.19. The van der Waals surface area contributed by atoms with Crippen molar-refractivity contribution in [1.82, 2.24) is 0 Å². The molecule has 0 aromatic heterocycles. The Balaban J connectivity index is 1.68. The molecule has 0 fully saturated rings. The number of carbonyl (C=O) groups excluding carboxylic acids is 1. The fraction of sp³-hybridized carbons (Fsp3) is 0.174. The lowest BCUT2D eigenvalue weighted by atomic mass is 10.0. The van der Waals surface area contributed by atoms with Gasteiger partial charge in [-0.2, -0.15) is 0 Å². The standard InChI is InChI=1S/C23H21Cl2NO2S2/c1-29-18-8-4-16(5-9-18)23-20(24)13-17(14-21(23)25)26-22(28)12-15-2-6-19(7-3-15)30-11-10-27/h2-9,13-14,27H,10-12H2,1H3,(H,26,28). The monoisotopic (exact) mass is 477 g/mol. The summed E-state index contributed by atoms with van der Waals surface area (Å²) in [7, 11) is 0. The molecule has 0 aliphatic heterocycles. The lowest BCUT2D eigenvalue weighted by Gasteiger charge is -2.12. The molecule has 30 heavy (non-hydrogen) atoms. The number of hydrogen-bond donors (Lipinski definition) is 2. The van der Waals surface area contributed by atoms with Gasteiger partial charge in [0.1, 0.15) is 0 Å². The van der Waals surface area contributed by atoms with Crippen LogP contribution in [-0.4, -0.2) is 29.6 Å². The highest BCUT2D eigenvalue weighted by Crippen LogP contribution is 2.38. The summed E-state index contributed by atoms with van der Waals surface area (Å²) in [5.74, 6) is 0.508. The van der Waals surface area contributed by atoms with Crippen molar-refractivity contribution in [2.45, 2.75) is 16.2 Å². The average molecular weight is 478 g/mol. The van der Waals surface area contributed by atoms with Gasteiger partial charge in [-0.3, -0.25) is 4.79 Å². The first kappa shape index (κ1) is 23.0. The van der Waals surface area contributed by atoms with Crippen molar-refractivity contribution in [2.75, 3.05) is 23.9 Å². The largest absolute Gasteiger partial charge is 0.396 e. The molecule has 0 bridgehead atoms. The summed E-state index contributed by atoms with van der Waals surface area (Å²) in [6.45, 7) is 0.141. The van der Waals surface area contributed by atoms with Crippen LogP contribution < -0.4 is 5.32 Å². The van der Waals surface area contributed by atoms with Gasteiger partial charge in [0.2, 0.25) is 5.91 Å². The van der Waals surface area contributed by atoms with Gasteiger partial charge in [0.05, 0.1) is 23.1 Å². The van der Waals surface area contributed by atoms with Crippen LogP contribution in [0, 0.1) is 0 Å². The van der Waals surface area contributed by atoms with Crippen LogP contribution in [-0.2, 0) is 11.2 Å². The Kier molecular flexibility index (Phi) is 8.54. The van der Waals surface area contributed by atoms with Crippen molar-refractivity contribution in [3.8, 4) is 11.1 Å². The molecule has 0 spiro atoms. The second kappa shape index (κ2) is 11.1. The topological polar surface area (TPSA) is 49.3 Å². The van der Waals surface area contributed by atoms with E-state index in [1.54, 1.807) is 35.7 Å². The minimum atomic E-state index is -0.144. The highest BCUT2D eigenvalue weighted by Gasteiger charge is 2.13. The van der Waals surface area contributed by atoms with Crippen LogP contribution in [0.4, 0.5) is 5.69 Å². The summed E-state index contributed by atoms with van der Waals surface area (Å²) < 4.78 is 0. The maximum absolute atomic E-state index is 12.4. The number of aliphatic hydroxyl groups is 1. The molecule has 3 aromatic rings. The summed E-state index contributed by atoms with van der Waals surface area (Å²) in [5.41, 5.74) is 3.15. The maximum Gasteiger partial charge on any atom is 0.228 e. The Morgan fingerprint density at radius 2 is 1.57 bits per heavy atom. The van der Waals surface area contributed by atoms with Crippen molar-refractivity contribution < 1.29 is 9.90 Å². The van der Waals surface area contributed by atoms with E-state index in [9.17, 15) is 4.79 Å². The van der Waals surface area contributed by atoms with E-state index in [1.807, 2.05) is 54.8 Å². The average Bonchev–Trinajstić information content (AvgIpc) is 2.73. The Hall–Kier alpha value is -1.63. The number of thioether (sulfide) groups is 2. The summed E-state index contributed by atoms with van der Waals surface area (Å²) in [5, 5.41) is 12.7. The Morgan fingerprint density at radius 1 is 0.967 bits per heavy atom. The van der Waals surface area contributed by atoms with E-state index >= 15 is 0 Å². The molecule has 2 N–H and O–H groups in total. The number of amides is 1. The quantitative estimate of drug-likeness (QED) is 0.356. The van der Waals surface area contributed by atoms with E-state index in [1.165, 1.54) is 0 Å². The molecule has 0 unspecified atom stereocenters. The second-order valence-corrected chi connectivity index (χ2v) is 9.35. The molecule has 0 saturated heterocycles. The van der Waals surface area contributed by atoms with Gasteiger partial charge in [-0.1, -0.05) is 47.5 Å². The zero-order valence-corrected chi connectivity index (χ0v) is 19.5. The Labute approximate surface area is 195 Å². The van der Waals surface area contributed by atoms with Crippen LogP contribution in [0.3, 0.4) is 0 Å². The molecule has 0 saturated carbocycles. The highest BCUT2D eigenvalue weighted by molar-refractivity contribution is 7.99. The minimum absolute atomic E-state index is 0.141. The molecule has 3 rings (SSSR count). The van der Waals surface area contributed by atoms with Gasteiger partial charge >= 0.3 is 0 Å². The summed E-state index contributed by atoms with van der Waals surface area (Å²) in [6, 6.07) is 19.2. The van der Waals surface area contributed by atoms with Gasteiger partial charge in [-0.25, -0.2) is 0 Å². The SMILES string of the molecule is CSc1ccc(-c2c(Cl)cc(NC(=O)Cc3ccc(SCCO)cc3)cc2Cl)cc1. The predicted octanol–water partition coefficient (Wildman–Crippen LogP) is 6.65. The molecule has 0 heterocycles. The van der Waals surface area contributed by atoms with E-state index < -0.39 is 0 Å². The van der Waals surface area contributed by atoms with Gasteiger partial charge in [-0.15, -0.1) is 23.5 Å². The van der Waals surface area contributed by atoms with E-state index in [0.717, 1.165) is 26.5 Å². The van der Waals surface area contributed by atoms with Crippen molar-refractivity contribution in [3.05, 3.63) is 76.3 Å². The minimum Gasteiger partial charge on any atom is -0.396 e. The number of carbonyl (C=O) groups is 1. The fourth-order valence-corrected chi connectivity index (χ4v) is 4.71. The molecule has 0 aliphatic rings. The molecular formula is C23H21Cl2NO2S2. The number of hydrogen-bond acceptors (Lipinski definition) is 4. The molecular weight excluding hydrogens is 457 g/mol. The van der Waals surface area contributed by atoms with Gasteiger partial charge in [-0.05, 0) is 53.8 Å². The Bertz CT molecular complexity index is 986. The second-order valence-electron chi connectivity index (χ2n) is 6.48. The third-order valence-electron chi connectivity index (χ3n) is 4.35. The van der Waals surface area contributed by atoms with Crippen LogP contribution in [0.2, 0.25) is 10.0 Å². The normalized spacial score (nSPS) is 10.8. The number of aliphatic hydroxyl groups excluding tert-OH is 1. The van der Waals surface area contributed by atoms with Gasteiger partial charge in [0, 0.05) is 26.8 Å². The third-order valence-corrected chi connectivity index (χ3v) is 6.68. The van der Waals surface area contributed by atoms with Crippen LogP contribution in [0.15, 0.2) is 70.5 Å². The first-order valence-electron chi connectivity index (χ1n) is 9.26. The molecule has 0 radical (unpaired) electrons. The number of nitrogens with one attached hydrogen (secondary N) is 1. The van der Waals surface area contributed by atoms with Crippen LogP contribution >= 0.6 is 46.7 Å². The first-order valence-corrected chi connectivity index (χ1v) is 12.2. The molecule has 156 valence electrons. The maximum atomic E-state index is 12.4. The van der Waals surface area contributed by atoms with E-state index in [-0.39, 0.29) is 18.9 Å². The van der Waals surface area contributed by atoms with Gasteiger partial charge < -0.3 is 10.4 Å². The van der Waals surface area contributed by atoms with E-state index in [4.69, 9.17) is 28.3 Å². The first-order chi connectivity index (χ1) is 14.5. The predicted molar refractivity (Wildman–Crippen MR) is 130 cm³/mol. The lowest BCUT2D eigenvalue weighted by Crippen LogP contribution is -2.14. The van der Waals surface area contributed by atoms with Crippen LogP contribution in [0.25, 0.3) is 11.1 Å². The summed E-state index contributed by atoms with van der Waals surface area (Å²) >= 11 is 16.2. The van der Waals surface area contributed by atoms with E-state index in [2.05, 4.69) is 5.32 Å². The number of anilines is 1. The van der Waals surface area contributed by atoms with Gasteiger partial charge in [0.15, 0.2) is 0 Å². The summed E-state index contributed by atoms with van der Waals surface area (Å²) in [4.78, 5) is 14.7. The fourth-order valence-electron chi connectivity index (χ4n) is 2.94. The number of rotatable bonds is 8.